The quantitative estimate of drug-likeness (QED) is 0.285. The van der Waals surface area contributed by atoms with E-state index in [-0.39, 0.29) is 11.3 Å². The molecule has 35 heavy (non-hydrogen) atoms. The number of carbonyl (C=O) groups excluding carboxylic acids is 1. The Balaban J connectivity index is 1.44. The van der Waals surface area contributed by atoms with Crippen LogP contribution in [0.1, 0.15) is 29.6 Å². The highest BCUT2D eigenvalue weighted by Crippen LogP contribution is 2.34. The number of anilines is 2. The van der Waals surface area contributed by atoms with Gasteiger partial charge in [-0.2, -0.15) is 0 Å². The molecule has 0 saturated carbocycles. The summed E-state index contributed by atoms with van der Waals surface area (Å²) in [6, 6.07) is 17.2. The van der Waals surface area contributed by atoms with Crippen molar-refractivity contribution in [2.24, 2.45) is 0 Å². The molecule has 1 amide bonds. The number of ether oxygens (including phenoxy) is 1. The number of benzene rings is 3. The normalized spacial score (nSPS) is 13.6. The molecule has 0 aliphatic carbocycles. The van der Waals surface area contributed by atoms with Crippen LogP contribution >= 0.6 is 0 Å². The van der Waals surface area contributed by atoms with Gasteiger partial charge in [0.05, 0.1) is 17.7 Å². The predicted molar refractivity (Wildman–Crippen MR) is 133 cm³/mol. The summed E-state index contributed by atoms with van der Waals surface area (Å²) in [5, 5.41) is 14.6. The lowest BCUT2D eigenvalue weighted by atomic mass is 10.1. The number of nitro groups is 1. The highest BCUT2D eigenvalue weighted by Gasteiger charge is 2.23. The first-order chi connectivity index (χ1) is 17.0. The van der Waals surface area contributed by atoms with Crippen molar-refractivity contribution >= 4 is 34.1 Å². The van der Waals surface area contributed by atoms with Crippen LogP contribution < -0.4 is 15.0 Å². The third-order valence-corrected chi connectivity index (χ3v) is 6.12. The molecule has 1 aliphatic rings. The number of hydrogen-bond donors (Lipinski definition) is 1. The number of fused-ring (bicyclic) bond motifs is 1. The molecular formula is C26H24N4O5. The Kier molecular flexibility index (Phi) is 6.05. The molecule has 178 valence electrons. The van der Waals surface area contributed by atoms with E-state index in [1.807, 2.05) is 29.2 Å². The SMILES string of the molecule is COc1ccc(-c2nc3ccccc3o2)cc1NC(=O)c1ccc(N2CCCCC2)c([N+](=O)[O-])c1. The number of piperidine rings is 1. The fourth-order valence-corrected chi connectivity index (χ4v) is 4.34. The van der Waals surface area contributed by atoms with Crippen LogP contribution in [-0.2, 0) is 0 Å². The van der Waals surface area contributed by atoms with E-state index < -0.39 is 10.8 Å². The van der Waals surface area contributed by atoms with Crippen LogP contribution in [0.25, 0.3) is 22.6 Å². The Bertz CT molecular complexity index is 1380. The molecule has 2 heterocycles. The Morgan fingerprint density at radius 3 is 2.63 bits per heavy atom. The lowest BCUT2D eigenvalue weighted by molar-refractivity contribution is -0.384. The zero-order valence-electron chi connectivity index (χ0n) is 19.2. The van der Waals surface area contributed by atoms with Gasteiger partial charge in [-0.1, -0.05) is 12.1 Å². The standard InChI is InChI=1S/C26H24N4O5/c1-34-23-12-10-18(26-28-19-7-3-4-8-24(19)35-26)15-20(23)27-25(31)17-9-11-21(22(16-17)30(32)33)29-13-5-2-6-14-29/h3-4,7-12,15-16H,2,5-6,13-14H2,1H3,(H,27,31). The third kappa shape index (κ3) is 4.52. The number of amides is 1. The fourth-order valence-electron chi connectivity index (χ4n) is 4.34. The molecule has 0 unspecified atom stereocenters. The van der Waals surface area contributed by atoms with E-state index in [2.05, 4.69) is 10.3 Å². The highest BCUT2D eigenvalue weighted by atomic mass is 16.6. The molecule has 0 radical (unpaired) electrons. The molecule has 9 nitrogen and oxygen atoms in total. The molecule has 4 aromatic rings. The maximum atomic E-state index is 13.1. The summed E-state index contributed by atoms with van der Waals surface area (Å²) in [5.74, 6) is 0.370. The second-order valence-electron chi connectivity index (χ2n) is 8.36. The number of oxazole rings is 1. The lowest BCUT2D eigenvalue weighted by Crippen LogP contribution is -2.30. The Labute approximate surface area is 201 Å². The molecule has 1 saturated heterocycles. The maximum Gasteiger partial charge on any atom is 0.293 e. The van der Waals surface area contributed by atoms with Crippen LogP contribution in [-0.4, -0.2) is 36.0 Å². The zero-order chi connectivity index (χ0) is 24.4. The van der Waals surface area contributed by atoms with E-state index in [0.717, 1.165) is 37.9 Å². The molecule has 0 atom stereocenters. The number of para-hydroxylation sites is 2. The van der Waals surface area contributed by atoms with E-state index >= 15 is 0 Å². The molecule has 1 N–H and O–H groups in total. The maximum absolute atomic E-state index is 13.1. The van der Waals surface area contributed by atoms with Gasteiger partial charge >= 0.3 is 0 Å². The van der Waals surface area contributed by atoms with Gasteiger partial charge in [0.25, 0.3) is 11.6 Å². The van der Waals surface area contributed by atoms with Gasteiger partial charge in [-0.05, 0) is 61.7 Å². The minimum Gasteiger partial charge on any atom is -0.495 e. The van der Waals surface area contributed by atoms with Crippen LogP contribution in [0.2, 0.25) is 0 Å². The van der Waals surface area contributed by atoms with Gasteiger partial charge in [0.15, 0.2) is 5.58 Å². The molecule has 1 aromatic heterocycles. The summed E-state index contributed by atoms with van der Waals surface area (Å²) < 4.78 is 11.3. The van der Waals surface area contributed by atoms with E-state index in [0.29, 0.717) is 34.2 Å². The average Bonchev–Trinajstić information content (AvgIpc) is 3.33. The van der Waals surface area contributed by atoms with Gasteiger partial charge in [0.2, 0.25) is 5.89 Å². The van der Waals surface area contributed by atoms with Crippen molar-refractivity contribution in [2.45, 2.75) is 19.3 Å². The molecule has 0 spiro atoms. The summed E-state index contributed by atoms with van der Waals surface area (Å²) >= 11 is 0. The summed E-state index contributed by atoms with van der Waals surface area (Å²) in [6.45, 7) is 1.54. The summed E-state index contributed by atoms with van der Waals surface area (Å²) in [7, 11) is 1.50. The average molecular weight is 473 g/mol. The molecule has 5 rings (SSSR count). The smallest absolute Gasteiger partial charge is 0.293 e. The number of rotatable bonds is 6. The van der Waals surface area contributed by atoms with Crippen LogP contribution in [0.4, 0.5) is 17.1 Å². The van der Waals surface area contributed by atoms with Gasteiger partial charge < -0.3 is 19.4 Å². The zero-order valence-corrected chi connectivity index (χ0v) is 19.2. The monoisotopic (exact) mass is 472 g/mol. The van der Waals surface area contributed by atoms with Crippen molar-refractivity contribution in [3.05, 3.63) is 76.3 Å². The van der Waals surface area contributed by atoms with Crippen molar-refractivity contribution in [2.75, 3.05) is 30.4 Å². The Hall–Kier alpha value is -4.40. The van der Waals surface area contributed by atoms with Crippen LogP contribution in [0.3, 0.4) is 0 Å². The van der Waals surface area contributed by atoms with Crippen LogP contribution in [0.5, 0.6) is 5.75 Å². The van der Waals surface area contributed by atoms with Gasteiger partial charge in [0, 0.05) is 30.3 Å². The van der Waals surface area contributed by atoms with E-state index in [9.17, 15) is 14.9 Å². The molecule has 9 heteroatoms. The summed E-state index contributed by atoms with van der Waals surface area (Å²) in [6.07, 6.45) is 3.11. The molecule has 3 aromatic carbocycles. The second kappa shape index (κ2) is 9.46. The number of methoxy groups -OCH3 is 1. The van der Waals surface area contributed by atoms with Crippen molar-refractivity contribution in [3.63, 3.8) is 0 Å². The molecule has 0 bridgehead atoms. The number of nitrogens with zero attached hydrogens (tertiary/aromatic N) is 3. The second-order valence-corrected chi connectivity index (χ2v) is 8.36. The van der Waals surface area contributed by atoms with E-state index in [4.69, 9.17) is 9.15 Å². The largest absolute Gasteiger partial charge is 0.495 e. The van der Waals surface area contributed by atoms with Crippen LogP contribution in [0.15, 0.2) is 65.1 Å². The Morgan fingerprint density at radius 2 is 1.89 bits per heavy atom. The molecule has 1 aliphatic heterocycles. The van der Waals surface area contributed by atoms with Gasteiger partial charge in [-0.3, -0.25) is 14.9 Å². The Morgan fingerprint density at radius 1 is 1.09 bits per heavy atom. The van der Waals surface area contributed by atoms with Crippen molar-refractivity contribution in [1.29, 1.82) is 0 Å². The molecule has 1 fully saturated rings. The van der Waals surface area contributed by atoms with Crippen molar-refractivity contribution < 1.29 is 18.9 Å². The minimum atomic E-state index is -0.480. The molecular weight excluding hydrogens is 448 g/mol. The van der Waals surface area contributed by atoms with Gasteiger partial charge in [-0.15, -0.1) is 0 Å². The first kappa shape index (κ1) is 22.4. The summed E-state index contributed by atoms with van der Waals surface area (Å²) in [4.78, 5) is 31.0. The predicted octanol–water partition coefficient (Wildman–Crippen LogP) is 5.65. The number of nitrogens with one attached hydrogen (secondary N) is 1. The van der Waals surface area contributed by atoms with Gasteiger partial charge in [-0.25, -0.2) is 4.98 Å². The van der Waals surface area contributed by atoms with E-state index in [1.54, 1.807) is 30.3 Å². The third-order valence-electron chi connectivity index (χ3n) is 6.12. The van der Waals surface area contributed by atoms with Crippen molar-refractivity contribution in [3.8, 4) is 17.2 Å². The number of aromatic nitrogens is 1. The topological polar surface area (TPSA) is 111 Å². The minimum absolute atomic E-state index is 0.0771. The highest BCUT2D eigenvalue weighted by molar-refractivity contribution is 6.06. The van der Waals surface area contributed by atoms with Gasteiger partial charge in [0.1, 0.15) is 17.0 Å². The first-order valence-electron chi connectivity index (χ1n) is 11.4. The first-order valence-corrected chi connectivity index (χ1v) is 11.4. The van der Waals surface area contributed by atoms with Crippen LogP contribution in [0, 0.1) is 10.1 Å². The van der Waals surface area contributed by atoms with E-state index in [1.165, 1.54) is 13.2 Å². The summed E-state index contributed by atoms with van der Waals surface area (Å²) in [5.41, 5.74) is 3.10. The number of hydrogen-bond acceptors (Lipinski definition) is 7. The fraction of sp³-hybridized carbons (Fsp3) is 0.231. The van der Waals surface area contributed by atoms with Crippen molar-refractivity contribution in [1.82, 2.24) is 4.98 Å². The number of nitro benzene ring substituents is 1. The number of carbonyl (C=O) groups is 1. The lowest BCUT2D eigenvalue weighted by Gasteiger charge is -2.28.